The third-order valence-electron chi connectivity index (χ3n) is 1.98. The van der Waals surface area contributed by atoms with E-state index in [1.165, 1.54) is 17.2 Å². The molecule has 0 saturated heterocycles. The summed E-state index contributed by atoms with van der Waals surface area (Å²) in [5.41, 5.74) is 0.0714. The first-order valence-corrected chi connectivity index (χ1v) is 5.70. The number of halogens is 2. The standard InChI is InChI=1S/C10H12BrFN2O/c1-14(6-2-4-11)10(15)8-3-5-13-7-9(8)12/h3,5,7H,2,4,6H2,1H3. The van der Waals surface area contributed by atoms with Gasteiger partial charge in [0.15, 0.2) is 5.82 Å². The van der Waals surface area contributed by atoms with Gasteiger partial charge in [-0.3, -0.25) is 9.78 Å². The lowest BCUT2D eigenvalue weighted by Gasteiger charge is -2.16. The predicted octanol–water partition coefficient (Wildman–Crippen LogP) is 2.08. The first kappa shape index (κ1) is 12.1. The van der Waals surface area contributed by atoms with Crippen molar-refractivity contribution in [3.63, 3.8) is 0 Å². The van der Waals surface area contributed by atoms with E-state index in [4.69, 9.17) is 0 Å². The van der Waals surface area contributed by atoms with Crippen LogP contribution >= 0.6 is 15.9 Å². The first-order chi connectivity index (χ1) is 7.16. The van der Waals surface area contributed by atoms with Crippen molar-refractivity contribution in [1.29, 1.82) is 0 Å². The summed E-state index contributed by atoms with van der Waals surface area (Å²) < 4.78 is 13.2. The van der Waals surface area contributed by atoms with E-state index in [1.54, 1.807) is 7.05 Å². The summed E-state index contributed by atoms with van der Waals surface area (Å²) in [4.78, 5) is 16.8. The van der Waals surface area contributed by atoms with Crippen molar-refractivity contribution >= 4 is 21.8 Å². The van der Waals surface area contributed by atoms with Crippen LogP contribution in [0.5, 0.6) is 0 Å². The second kappa shape index (κ2) is 5.80. The summed E-state index contributed by atoms with van der Waals surface area (Å²) in [6.07, 6.45) is 3.30. The zero-order valence-corrected chi connectivity index (χ0v) is 10.00. The Morgan fingerprint density at radius 2 is 2.40 bits per heavy atom. The van der Waals surface area contributed by atoms with Crippen molar-refractivity contribution < 1.29 is 9.18 Å². The number of carbonyl (C=O) groups is 1. The van der Waals surface area contributed by atoms with Gasteiger partial charge in [-0.25, -0.2) is 4.39 Å². The summed E-state index contributed by atoms with van der Waals surface area (Å²) >= 11 is 3.28. The fourth-order valence-corrected chi connectivity index (χ4v) is 1.40. The Morgan fingerprint density at radius 1 is 1.67 bits per heavy atom. The monoisotopic (exact) mass is 274 g/mol. The number of hydrogen-bond donors (Lipinski definition) is 0. The molecule has 0 unspecified atom stereocenters. The number of carbonyl (C=O) groups excluding carboxylic acids is 1. The molecule has 1 heterocycles. The fourth-order valence-electron chi connectivity index (χ4n) is 1.15. The largest absolute Gasteiger partial charge is 0.342 e. The summed E-state index contributed by atoms with van der Waals surface area (Å²) in [5.74, 6) is -0.885. The number of amides is 1. The van der Waals surface area contributed by atoms with Gasteiger partial charge in [-0.15, -0.1) is 0 Å². The Bertz CT molecular complexity index is 346. The van der Waals surface area contributed by atoms with Crippen molar-refractivity contribution in [2.45, 2.75) is 6.42 Å². The summed E-state index contributed by atoms with van der Waals surface area (Å²) in [7, 11) is 1.66. The van der Waals surface area contributed by atoms with Gasteiger partial charge < -0.3 is 4.90 Å². The molecule has 1 amide bonds. The molecule has 82 valence electrons. The molecular weight excluding hydrogens is 263 g/mol. The topological polar surface area (TPSA) is 33.2 Å². The van der Waals surface area contributed by atoms with Crippen LogP contribution in [0.3, 0.4) is 0 Å². The highest BCUT2D eigenvalue weighted by molar-refractivity contribution is 9.09. The molecule has 0 aliphatic carbocycles. The number of aromatic nitrogens is 1. The first-order valence-electron chi connectivity index (χ1n) is 4.57. The number of pyridine rings is 1. The van der Waals surface area contributed by atoms with Crippen molar-refractivity contribution in [3.05, 3.63) is 29.8 Å². The molecule has 0 aromatic carbocycles. The van der Waals surface area contributed by atoms with E-state index in [0.717, 1.165) is 17.9 Å². The van der Waals surface area contributed by atoms with E-state index in [-0.39, 0.29) is 11.5 Å². The maximum absolute atomic E-state index is 13.2. The van der Waals surface area contributed by atoms with E-state index in [9.17, 15) is 9.18 Å². The minimum atomic E-state index is -0.576. The zero-order valence-electron chi connectivity index (χ0n) is 8.41. The molecule has 1 rings (SSSR count). The molecule has 0 fully saturated rings. The van der Waals surface area contributed by atoms with Crippen LogP contribution in [-0.4, -0.2) is 34.7 Å². The molecular formula is C10H12BrFN2O. The zero-order chi connectivity index (χ0) is 11.3. The molecule has 0 radical (unpaired) electrons. The van der Waals surface area contributed by atoms with Crippen LogP contribution in [0.2, 0.25) is 0 Å². The second-order valence-corrected chi connectivity index (χ2v) is 3.92. The van der Waals surface area contributed by atoms with Gasteiger partial charge in [0, 0.05) is 25.1 Å². The molecule has 5 heteroatoms. The molecule has 0 aliphatic heterocycles. The molecule has 0 N–H and O–H groups in total. The third kappa shape index (κ3) is 3.27. The van der Waals surface area contributed by atoms with E-state index < -0.39 is 5.82 Å². The van der Waals surface area contributed by atoms with E-state index in [1.807, 2.05) is 0 Å². The highest BCUT2D eigenvalue weighted by Gasteiger charge is 2.15. The van der Waals surface area contributed by atoms with Crippen LogP contribution in [0.25, 0.3) is 0 Å². The van der Waals surface area contributed by atoms with Gasteiger partial charge >= 0.3 is 0 Å². The van der Waals surface area contributed by atoms with Crippen LogP contribution in [-0.2, 0) is 0 Å². The molecule has 3 nitrogen and oxygen atoms in total. The van der Waals surface area contributed by atoms with Crippen LogP contribution in [0.15, 0.2) is 18.5 Å². The Kier molecular flexibility index (Phi) is 4.68. The van der Waals surface area contributed by atoms with Crippen LogP contribution < -0.4 is 0 Å². The number of rotatable bonds is 4. The van der Waals surface area contributed by atoms with Gasteiger partial charge in [-0.05, 0) is 12.5 Å². The van der Waals surface area contributed by atoms with Crippen LogP contribution in [0.4, 0.5) is 4.39 Å². The van der Waals surface area contributed by atoms with Crippen molar-refractivity contribution in [1.82, 2.24) is 9.88 Å². The average molecular weight is 275 g/mol. The van der Waals surface area contributed by atoms with Crippen LogP contribution in [0, 0.1) is 5.82 Å². The Labute approximate surface area is 96.4 Å². The van der Waals surface area contributed by atoms with Crippen LogP contribution in [0.1, 0.15) is 16.8 Å². The predicted molar refractivity (Wildman–Crippen MR) is 59.6 cm³/mol. The maximum Gasteiger partial charge on any atom is 0.256 e. The molecule has 0 spiro atoms. The minimum Gasteiger partial charge on any atom is -0.342 e. The molecule has 0 atom stereocenters. The Hall–Kier alpha value is -0.970. The lowest BCUT2D eigenvalue weighted by molar-refractivity contribution is 0.0791. The third-order valence-corrected chi connectivity index (χ3v) is 2.54. The number of alkyl halides is 1. The van der Waals surface area contributed by atoms with Crippen molar-refractivity contribution in [3.8, 4) is 0 Å². The van der Waals surface area contributed by atoms with E-state index in [0.29, 0.717) is 6.54 Å². The normalized spacial score (nSPS) is 10.1. The molecule has 0 aliphatic rings. The van der Waals surface area contributed by atoms with Crippen molar-refractivity contribution in [2.75, 3.05) is 18.9 Å². The smallest absolute Gasteiger partial charge is 0.256 e. The summed E-state index contributed by atoms with van der Waals surface area (Å²) in [6, 6.07) is 1.39. The second-order valence-electron chi connectivity index (χ2n) is 3.12. The summed E-state index contributed by atoms with van der Waals surface area (Å²) in [6.45, 7) is 0.603. The fraction of sp³-hybridized carbons (Fsp3) is 0.400. The molecule has 1 aromatic rings. The molecule has 0 bridgehead atoms. The number of hydrogen-bond acceptors (Lipinski definition) is 2. The van der Waals surface area contributed by atoms with Gasteiger partial charge in [0.25, 0.3) is 5.91 Å². The highest BCUT2D eigenvalue weighted by Crippen LogP contribution is 2.08. The minimum absolute atomic E-state index is 0.0714. The van der Waals surface area contributed by atoms with Crippen molar-refractivity contribution in [2.24, 2.45) is 0 Å². The molecule has 1 aromatic heterocycles. The number of nitrogens with zero attached hydrogens (tertiary/aromatic N) is 2. The van der Waals surface area contributed by atoms with Gasteiger partial charge in [-0.1, -0.05) is 15.9 Å². The Balaban J connectivity index is 2.72. The van der Waals surface area contributed by atoms with E-state index in [2.05, 4.69) is 20.9 Å². The average Bonchev–Trinajstić information content (AvgIpc) is 2.25. The quantitative estimate of drug-likeness (QED) is 0.788. The van der Waals surface area contributed by atoms with Gasteiger partial charge in [0.2, 0.25) is 0 Å². The molecule has 0 saturated carbocycles. The lowest BCUT2D eigenvalue weighted by Crippen LogP contribution is -2.28. The van der Waals surface area contributed by atoms with Gasteiger partial charge in [0.05, 0.1) is 11.8 Å². The Morgan fingerprint density at radius 3 is 3.00 bits per heavy atom. The molecule has 15 heavy (non-hydrogen) atoms. The van der Waals surface area contributed by atoms with E-state index >= 15 is 0 Å². The summed E-state index contributed by atoms with van der Waals surface area (Å²) in [5, 5.41) is 0.823. The van der Waals surface area contributed by atoms with Gasteiger partial charge in [-0.2, -0.15) is 0 Å². The van der Waals surface area contributed by atoms with Gasteiger partial charge in [0.1, 0.15) is 0 Å². The maximum atomic E-state index is 13.2. The SMILES string of the molecule is CN(CCCBr)C(=O)c1ccncc1F. The highest BCUT2D eigenvalue weighted by atomic mass is 79.9. The lowest BCUT2D eigenvalue weighted by atomic mass is 10.2.